The van der Waals surface area contributed by atoms with Gasteiger partial charge in [-0.1, -0.05) is 0 Å². The summed E-state index contributed by atoms with van der Waals surface area (Å²) < 4.78 is 4.94. The summed E-state index contributed by atoms with van der Waals surface area (Å²) >= 11 is 0. The van der Waals surface area contributed by atoms with Gasteiger partial charge in [-0.05, 0) is 25.1 Å². The van der Waals surface area contributed by atoms with E-state index in [1.807, 2.05) is 0 Å². The maximum absolute atomic E-state index is 11.4. The van der Waals surface area contributed by atoms with Crippen LogP contribution in [0.25, 0.3) is 11.0 Å². The van der Waals surface area contributed by atoms with Gasteiger partial charge in [0, 0.05) is 17.1 Å². The smallest absolute Gasteiger partial charge is 0.336 e. The minimum Gasteiger partial charge on any atom is -0.423 e. The molecule has 0 fully saturated rings. The number of Topliss-reactive ketones (excluding diaryl/α,β-unsaturated/α-hetero) is 1. The van der Waals surface area contributed by atoms with Crippen LogP contribution >= 0.6 is 0 Å². The Morgan fingerprint density at radius 3 is 2.67 bits per heavy atom. The first-order valence-electron chi connectivity index (χ1n) is 4.43. The van der Waals surface area contributed by atoms with Gasteiger partial charge < -0.3 is 10.2 Å². The molecule has 0 saturated heterocycles. The largest absolute Gasteiger partial charge is 0.423 e. The van der Waals surface area contributed by atoms with E-state index in [9.17, 15) is 9.59 Å². The second kappa shape index (κ2) is 3.24. The first kappa shape index (κ1) is 9.45. The Morgan fingerprint density at radius 2 is 2.00 bits per heavy atom. The van der Waals surface area contributed by atoms with Crippen molar-refractivity contribution in [1.82, 2.24) is 0 Å². The summed E-state index contributed by atoms with van der Waals surface area (Å²) in [5, 5.41) is 0.571. The van der Waals surface area contributed by atoms with Crippen LogP contribution in [0.15, 0.2) is 33.5 Å². The van der Waals surface area contributed by atoms with Crippen LogP contribution in [0.1, 0.15) is 17.3 Å². The molecule has 0 bridgehead atoms. The van der Waals surface area contributed by atoms with Crippen molar-refractivity contribution in [3.8, 4) is 0 Å². The molecule has 76 valence electrons. The average Bonchev–Trinajstić information content (AvgIpc) is 2.17. The monoisotopic (exact) mass is 203 g/mol. The molecule has 1 aromatic carbocycles. The Hall–Kier alpha value is -2.10. The van der Waals surface area contributed by atoms with Crippen LogP contribution < -0.4 is 11.4 Å². The van der Waals surface area contributed by atoms with Gasteiger partial charge in [0.05, 0.1) is 5.56 Å². The van der Waals surface area contributed by atoms with Crippen molar-refractivity contribution in [3.05, 3.63) is 40.2 Å². The van der Waals surface area contributed by atoms with Crippen LogP contribution in [-0.2, 0) is 0 Å². The molecule has 0 atom stereocenters. The number of hydrogen-bond acceptors (Lipinski definition) is 4. The summed E-state index contributed by atoms with van der Waals surface area (Å²) in [6.45, 7) is 1.43. The molecule has 15 heavy (non-hydrogen) atoms. The predicted molar refractivity (Wildman–Crippen MR) is 56.9 cm³/mol. The second-order valence-corrected chi connectivity index (χ2v) is 3.25. The molecule has 0 aliphatic carbocycles. The van der Waals surface area contributed by atoms with Crippen molar-refractivity contribution in [3.63, 3.8) is 0 Å². The number of carbonyl (C=O) groups is 1. The van der Waals surface area contributed by atoms with Gasteiger partial charge >= 0.3 is 5.63 Å². The molecule has 0 radical (unpaired) electrons. The Morgan fingerprint density at radius 1 is 1.27 bits per heavy atom. The predicted octanol–water partition coefficient (Wildman–Crippen LogP) is 1.58. The van der Waals surface area contributed by atoms with Gasteiger partial charge in [-0.3, -0.25) is 4.79 Å². The number of ketones is 1. The summed E-state index contributed by atoms with van der Waals surface area (Å²) in [5.41, 5.74) is 6.41. The van der Waals surface area contributed by atoms with Gasteiger partial charge in [-0.25, -0.2) is 4.79 Å². The lowest BCUT2D eigenvalue weighted by Gasteiger charge is -2.04. The molecular weight excluding hydrogens is 194 g/mol. The van der Waals surface area contributed by atoms with E-state index in [0.717, 1.165) is 0 Å². The van der Waals surface area contributed by atoms with Crippen molar-refractivity contribution < 1.29 is 9.21 Å². The van der Waals surface area contributed by atoms with E-state index in [-0.39, 0.29) is 5.78 Å². The van der Waals surface area contributed by atoms with Crippen LogP contribution in [0.2, 0.25) is 0 Å². The highest BCUT2D eigenvalue weighted by atomic mass is 16.4. The van der Waals surface area contributed by atoms with E-state index < -0.39 is 5.63 Å². The Kier molecular flexibility index (Phi) is 2.04. The summed E-state index contributed by atoms with van der Waals surface area (Å²) in [4.78, 5) is 22.3. The topological polar surface area (TPSA) is 73.3 Å². The van der Waals surface area contributed by atoms with E-state index in [1.165, 1.54) is 13.0 Å². The minimum absolute atomic E-state index is 0.146. The standard InChI is InChI=1S/C11H9NO3/c1-6(13)11-7-2-5-10(14)15-9(7)4-3-8(11)12/h2-5H,12H2,1H3. The third-order valence-corrected chi connectivity index (χ3v) is 2.19. The number of anilines is 1. The maximum Gasteiger partial charge on any atom is 0.336 e. The van der Waals surface area contributed by atoms with Gasteiger partial charge in [0.15, 0.2) is 5.78 Å². The Balaban J connectivity index is 2.94. The molecule has 2 rings (SSSR count). The van der Waals surface area contributed by atoms with Crippen LogP contribution in [-0.4, -0.2) is 5.78 Å². The summed E-state index contributed by atoms with van der Waals surface area (Å²) in [5.74, 6) is -0.146. The highest BCUT2D eigenvalue weighted by Gasteiger charge is 2.10. The summed E-state index contributed by atoms with van der Waals surface area (Å²) in [6, 6.07) is 5.96. The number of hydrogen-bond donors (Lipinski definition) is 1. The van der Waals surface area contributed by atoms with E-state index >= 15 is 0 Å². The lowest BCUT2D eigenvalue weighted by Crippen LogP contribution is -2.03. The lowest BCUT2D eigenvalue weighted by atomic mass is 10.0. The normalized spacial score (nSPS) is 10.5. The Bertz CT molecular complexity index is 598. The minimum atomic E-state index is -0.443. The first-order valence-corrected chi connectivity index (χ1v) is 4.43. The molecule has 4 nitrogen and oxygen atoms in total. The fourth-order valence-electron chi connectivity index (χ4n) is 1.56. The first-order chi connectivity index (χ1) is 7.09. The molecule has 0 amide bonds. The molecular formula is C11H9NO3. The quantitative estimate of drug-likeness (QED) is 0.433. The van der Waals surface area contributed by atoms with Gasteiger partial charge in [0.2, 0.25) is 0 Å². The number of nitrogens with two attached hydrogens (primary N) is 1. The van der Waals surface area contributed by atoms with Crippen LogP contribution in [0, 0.1) is 0 Å². The summed E-state index contributed by atoms with van der Waals surface area (Å²) in [7, 11) is 0. The number of fused-ring (bicyclic) bond motifs is 1. The molecule has 1 aromatic heterocycles. The van der Waals surface area contributed by atoms with Gasteiger partial charge in [-0.2, -0.15) is 0 Å². The average molecular weight is 203 g/mol. The SMILES string of the molecule is CC(=O)c1c(N)ccc2oc(=O)ccc12. The summed E-state index contributed by atoms with van der Waals surface area (Å²) in [6.07, 6.45) is 0. The Labute approximate surface area is 85.3 Å². The molecule has 1 heterocycles. The van der Waals surface area contributed by atoms with E-state index in [4.69, 9.17) is 10.2 Å². The van der Waals surface area contributed by atoms with E-state index in [0.29, 0.717) is 22.2 Å². The molecule has 0 unspecified atom stereocenters. The van der Waals surface area contributed by atoms with Gasteiger partial charge in [0.1, 0.15) is 5.58 Å². The number of rotatable bonds is 1. The van der Waals surface area contributed by atoms with Crippen molar-refractivity contribution in [1.29, 1.82) is 0 Å². The number of nitrogen functional groups attached to an aromatic ring is 1. The van der Waals surface area contributed by atoms with Crippen molar-refractivity contribution >= 4 is 22.4 Å². The third-order valence-electron chi connectivity index (χ3n) is 2.19. The van der Waals surface area contributed by atoms with Crippen molar-refractivity contribution in [2.45, 2.75) is 6.92 Å². The van der Waals surface area contributed by atoms with Crippen LogP contribution in [0.4, 0.5) is 5.69 Å². The molecule has 2 N–H and O–H groups in total. The highest BCUT2D eigenvalue weighted by molar-refractivity contribution is 6.10. The molecule has 0 spiro atoms. The molecule has 0 aliphatic heterocycles. The van der Waals surface area contributed by atoms with Crippen molar-refractivity contribution in [2.24, 2.45) is 0 Å². The fourth-order valence-corrected chi connectivity index (χ4v) is 1.56. The highest BCUT2D eigenvalue weighted by Crippen LogP contribution is 2.23. The van der Waals surface area contributed by atoms with Gasteiger partial charge in [-0.15, -0.1) is 0 Å². The number of benzene rings is 1. The molecule has 0 aliphatic rings. The fraction of sp³-hybridized carbons (Fsp3) is 0.0909. The zero-order chi connectivity index (χ0) is 11.0. The van der Waals surface area contributed by atoms with Crippen LogP contribution in [0.5, 0.6) is 0 Å². The van der Waals surface area contributed by atoms with E-state index in [1.54, 1.807) is 18.2 Å². The van der Waals surface area contributed by atoms with Gasteiger partial charge in [0.25, 0.3) is 0 Å². The third kappa shape index (κ3) is 1.50. The zero-order valence-electron chi connectivity index (χ0n) is 8.11. The van der Waals surface area contributed by atoms with Crippen molar-refractivity contribution in [2.75, 3.05) is 5.73 Å². The molecule has 0 saturated carbocycles. The maximum atomic E-state index is 11.4. The molecule has 4 heteroatoms. The number of carbonyl (C=O) groups excluding carboxylic acids is 1. The lowest BCUT2D eigenvalue weighted by molar-refractivity contribution is 0.102. The van der Waals surface area contributed by atoms with Crippen LogP contribution in [0.3, 0.4) is 0 Å². The molecule has 2 aromatic rings. The van der Waals surface area contributed by atoms with E-state index in [2.05, 4.69) is 0 Å². The second-order valence-electron chi connectivity index (χ2n) is 3.25. The zero-order valence-corrected chi connectivity index (χ0v) is 8.11.